The number of nitrogens with zero attached hydrogens (tertiary/aromatic N) is 3. The van der Waals surface area contributed by atoms with Crippen molar-refractivity contribution in [2.45, 2.75) is 19.2 Å². The Balaban J connectivity index is 2.42. The van der Waals surface area contributed by atoms with Crippen molar-refractivity contribution in [3.63, 3.8) is 0 Å². The lowest BCUT2D eigenvalue weighted by Crippen LogP contribution is -2.05. The van der Waals surface area contributed by atoms with Gasteiger partial charge in [-0.3, -0.25) is 4.57 Å². The number of alkyl halides is 1. The summed E-state index contributed by atoms with van der Waals surface area (Å²) in [7, 11) is 0. The maximum atomic E-state index is 14.2. The van der Waals surface area contributed by atoms with Crippen LogP contribution in [0.5, 0.6) is 0 Å². The number of pyridine rings is 1. The Kier molecular flexibility index (Phi) is 3.59. The van der Waals surface area contributed by atoms with Crippen LogP contribution >= 0.6 is 23.2 Å². The molecule has 2 heterocycles. The van der Waals surface area contributed by atoms with Crippen molar-refractivity contribution in [3.05, 3.63) is 52.7 Å². The number of aromatic nitrogens is 3. The maximum absolute atomic E-state index is 14.2. The highest BCUT2D eigenvalue weighted by Gasteiger charge is 2.20. The largest absolute Gasteiger partial charge is 0.276 e. The molecule has 0 aliphatic rings. The molecule has 3 rings (SSSR count). The van der Waals surface area contributed by atoms with Gasteiger partial charge in [-0.05, 0) is 43.7 Å². The smallest absolute Gasteiger partial charge is 0.165 e. The van der Waals surface area contributed by atoms with Crippen molar-refractivity contribution >= 4 is 34.4 Å². The second-order valence-corrected chi connectivity index (χ2v) is 5.91. The Morgan fingerprint density at radius 2 is 2.05 bits per heavy atom. The second kappa shape index (κ2) is 5.28. The van der Waals surface area contributed by atoms with Crippen LogP contribution in [-0.2, 0) is 0 Å². The fourth-order valence-corrected chi connectivity index (χ4v) is 2.59. The Morgan fingerprint density at radius 1 is 1.29 bits per heavy atom. The first-order valence-electron chi connectivity index (χ1n) is 6.42. The molecule has 1 atom stereocenters. The van der Waals surface area contributed by atoms with Crippen LogP contribution in [0.2, 0.25) is 5.02 Å². The molecule has 21 heavy (non-hydrogen) atoms. The van der Waals surface area contributed by atoms with Gasteiger partial charge in [0.1, 0.15) is 17.2 Å². The number of imidazole rings is 1. The molecule has 0 saturated carbocycles. The Labute approximate surface area is 131 Å². The third kappa shape index (κ3) is 2.39. The number of aryl methyl sites for hydroxylation is 1. The topological polar surface area (TPSA) is 30.7 Å². The Bertz CT molecular complexity index is 827. The highest BCUT2D eigenvalue weighted by Crippen LogP contribution is 2.30. The highest BCUT2D eigenvalue weighted by atomic mass is 35.5. The number of rotatable bonds is 2. The first-order valence-corrected chi connectivity index (χ1v) is 7.24. The van der Waals surface area contributed by atoms with Gasteiger partial charge in [-0.15, -0.1) is 11.6 Å². The molecule has 0 saturated heterocycles. The summed E-state index contributed by atoms with van der Waals surface area (Å²) in [4.78, 5) is 8.84. The average Bonchev–Trinajstić information content (AvgIpc) is 2.82. The van der Waals surface area contributed by atoms with Gasteiger partial charge >= 0.3 is 0 Å². The average molecular weight is 324 g/mol. The number of hydrogen-bond donors (Lipinski definition) is 0. The van der Waals surface area contributed by atoms with Gasteiger partial charge < -0.3 is 0 Å². The van der Waals surface area contributed by atoms with Gasteiger partial charge in [0.25, 0.3) is 0 Å². The standard InChI is InChI=1S/C15H12Cl2FN3/c1-8-5-6-19-15-13(8)20-14(9(2)16)21(15)12-7-10(17)3-4-11(12)18/h3-7,9H,1-2H3. The van der Waals surface area contributed by atoms with Crippen molar-refractivity contribution in [3.8, 4) is 5.69 Å². The normalized spacial score (nSPS) is 12.8. The zero-order valence-electron chi connectivity index (χ0n) is 11.4. The van der Waals surface area contributed by atoms with Gasteiger partial charge in [0, 0.05) is 11.2 Å². The van der Waals surface area contributed by atoms with Crippen LogP contribution in [0.15, 0.2) is 30.5 Å². The fraction of sp³-hybridized carbons (Fsp3) is 0.200. The van der Waals surface area contributed by atoms with E-state index in [9.17, 15) is 4.39 Å². The SMILES string of the molecule is Cc1ccnc2c1nc(C(C)Cl)n2-c1cc(Cl)ccc1F. The van der Waals surface area contributed by atoms with Crippen LogP contribution in [0.1, 0.15) is 23.7 Å². The third-order valence-corrected chi connectivity index (χ3v) is 3.71. The molecular formula is C15H12Cl2FN3. The lowest BCUT2D eigenvalue weighted by atomic mass is 10.2. The number of fused-ring (bicyclic) bond motifs is 1. The fourth-order valence-electron chi connectivity index (χ4n) is 2.27. The molecule has 1 unspecified atom stereocenters. The van der Waals surface area contributed by atoms with Gasteiger partial charge in [-0.1, -0.05) is 11.6 Å². The molecule has 108 valence electrons. The summed E-state index contributed by atoms with van der Waals surface area (Å²) in [5.74, 6) is 0.134. The zero-order valence-corrected chi connectivity index (χ0v) is 13.0. The van der Waals surface area contributed by atoms with Crippen molar-refractivity contribution < 1.29 is 4.39 Å². The molecule has 0 radical (unpaired) electrons. The molecule has 3 nitrogen and oxygen atoms in total. The minimum absolute atomic E-state index is 0.297. The highest BCUT2D eigenvalue weighted by molar-refractivity contribution is 6.30. The van der Waals surface area contributed by atoms with E-state index in [2.05, 4.69) is 9.97 Å². The van der Waals surface area contributed by atoms with Gasteiger partial charge in [0.05, 0.1) is 11.1 Å². The van der Waals surface area contributed by atoms with Gasteiger partial charge in [-0.25, -0.2) is 14.4 Å². The van der Waals surface area contributed by atoms with E-state index in [4.69, 9.17) is 23.2 Å². The maximum Gasteiger partial charge on any atom is 0.165 e. The molecule has 1 aromatic carbocycles. The third-order valence-electron chi connectivity index (χ3n) is 3.28. The van der Waals surface area contributed by atoms with E-state index < -0.39 is 11.2 Å². The van der Waals surface area contributed by atoms with Crippen LogP contribution in [0.25, 0.3) is 16.9 Å². The summed E-state index contributed by atoms with van der Waals surface area (Å²) < 4.78 is 15.9. The van der Waals surface area contributed by atoms with Crippen LogP contribution in [0.3, 0.4) is 0 Å². The summed E-state index contributed by atoms with van der Waals surface area (Å²) in [5, 5.41) is 0.0473. The summed E-state index contributed by atoms with van der Waals surface area (Å²) in [6, 6.07) is 6.23. The molecule has 0 N–H and O–H groups in total. The van der Waals surface area contributed by atoms with Gasteiger partial charge in [0.2, 0.25) is 0 Å². The summed E-state index contributed by atoms with van der Waals surface area (Å²) >= 11 is 12.2. The predicted molar refractivity (Wildman–Crippen MR) is 82.8 cm³/mol. The number of hydrogen-bond acceptors (Lipinski definition) is 2. The molecule has 2 aromatic heterocycles. The van der Waals surface area contributed by atoms with Crippen LogP contribution in [0.4, 0.5) is 4.39 Å². The van der Waals surface area contributed by atoms with E-state index in [0.717, 1.165) is 5.56 Å². The summed E-state index contributed by atoms with van der Waals surface area (Å²) in [6.07, 6.45) is 1.67. The minimum Gasteiger partial charge on any atom is -0.276 e. The van der Waals surface area contributed by atoms with Crippen molar-refractivity contribution in [1.82, 2.24) is 14.5 Å². The summed E-state index contributed by atoms with van der Waals surface area (Å²) in [6.45, 7) is 3.72. The van der Waals surface area contributed by atoms with Crippen molar-refractivity contribution in [2.75, 3.05) is 0 Å². The molecule has 0 spiro atoms. The predicted octanol–water partition coefficient (Wildman–Crippen LogP) is 4.82. The molecular weight excluding hydrogens is 312 g/mol. The molecule has 0 aliphatic heterocycles. The van der Waals surface area contributed by atoms with E-state index in [-0.39, 0.29) is 0 Å². The monoisotopic (exact) mass is 323 g/mol. The molecule has 0 amide bonds. The zero-order chi connectivity index (χ0) is 15.1. The van der Waals surface area contributed by atoms with E-state index >= 15 is 0 Å². The Morgan fingerprint density at radius 3 is 2.76 bits per heavy atom. The molecule has 0 aliphatic carbocycles. The number of halogens is 3. The van der Waals surface area contributed by atoms with Crippen molar-refractivity contribution in [2.24, 2.45) is 0 Å². The second-order valence-electron chi connectivity index (χ2n) is 4.82. The van der Waals surface area contributed by atoms with Gasteiger partial charge in [-0.2, -0.15) is 0 Å². The molecule has 3 aromatic rings. The van der Waals surface area contributed by atoms with E-state index in [1.165, 1.54) is 12.1 Å². The van der Waals surface area contributed by atoms with Crippen LogP contribution < -0.4 is 0 Å². The molecule has 6 heteroatoms. The lowest BCUT2D eigenvalue weighted by molar-refractivity contribution is 0.616. The molecule has 0 fully saturated rings. The van der Waals surface area contributed by atoms with E-state index in [1.54, 1.807) is 23.8 Å². The summed E-state index contributed by atoms with van der Waals surface area (Å²) in [5.41, 5.74) is 2.53. The molecule has 0 bridgehead atoms. The van der Waals surface area contributed by atoms with Crippen molar-refractivity contribution in [1.29, 1.82) is 0 Å². The van der Waals surface area contributed by atoms with Crippen LogP contribution in [0, 0.1) is 12.7 Å². The quantitative estimate of drug-likeness (QED) is 0.633. The van der Waals surface area contributed by atoms with Gasteiger partial charge in [0.15, 0.2) is 5.65 Å². The minimum atomic E-state index is -0.402. The van der Waals surface area contributed by atoms with Crippen LogP contribution in [-0.4, -0.2) is 14.5 Å². The Hall–Kier alpha value is -1.65. The first-order chi connectivity index (χ1) is 9.99. The first kappa shape index (κ1) is 14.3. The van der Waals surface area contributed by atoms with E-state index in [1.807, 2.05) is 13.0 Å². The lowest BCUT2D eigenvalue weighted by Gasteiger charge is -2.11. The number of benzene rings is 1. The van der Waals surface area contributed by atoms with E-state index in [0.29, 0.717) is 27.7 Å².